The van der Waals surface area contributed by atoms with E-state index in [1.54, 1.807) is 0 Å². The zero-order valence-corrected chi connectivity index (χ0v) is 6.84. The molecule has 0 saturated heterocycles. The average molecular weight is 154 g/mol. The van der Waals surface area contributed by atoms with Gasteiger partial charge in [-0.3, -0.25) is 4.90 Å². The second kappa shape index (κ2) is 5.53. The highest BCUT2D eigenvalue weighted by Crippen LogP contribution is 1.89. The van der Waals surface area contributed by atoms with Gasteiger partial charge in [-0.2, -0.15) is 0 Å². The largest absolute Gasteiger partial charge is 0.337 e. The highest BCUT2D eigenvalue weighted by molar-refractivity contribution is 5.76. The molecule has 2 amide bonds. The van der Waals surface area contributed by atoms with E-state index < -0.39 is 0 Å². The molecule has 11 heavy (non-hydrogen) atoms. The Kier molecular flexibility index (Phi) is 4.90. The highest BCUT2D eigenvalue weighted by Gasteiger charge is 2.02. The van der Waals surface area contributed by atoms with Crippen LogP contribution in [-0.2, 0) is 0 Å². The van der Waals surface area contributed by atoms with E-state index in [1.807, 2.05) is 6.92 Å². The van der Waals surface area contributed by atoms with Crippen LogP contribution in [0.25, 0.3) is 0 Å². The number of carbonyl (C=O) groups is 1. The molecule has 0 heterocycles. The van der Waals surface area contributed by atoms with Crippen molar-refractivity contribution < 1.29 is 4.79 Å². The minimum atomic E-state index is -0.183. The first-order valence-corrected chi connectivity index (χ1v) is 3.57. The molecule has 0 radical (unpaired) electrons. The van der Waals surface area contributed by atoms with Crippen LogP contribution in [0.2, 0.25) is 0 Å². The van der Waals surface area contributed by atoms with Crippen molar-refractivity contribution in [3.63, 3.8) is 0 Å². The standard InChI is InChI=1S/C8H14N2O/c1-4-7-9-8(11)10(5-2)6-3/h5-6H,2-4,7H2,1H3,(H,9,11). The zero-order chi connectivity index (χ0) is 8.69. The van der Waals surface area contributed by atoms with Crippen LogP contribution in [0.5, 0.6) is 0 Å². The van der Waals surface area contributed by atoms with Crippen LogP contribution in [0.3, 0.4) is 0 Å². The Balaban J connectivity index is 3.79. The molecule has 62 valence electrons. The van der Waals surface area contributed by atoms with Crippen LogP contribution >= 0.6 is 0 Å². The zero-order valence-electron chi connectivity index (χ0n) is 6.84. The summed E-state index contributed by atoms with van der Waals surface area (Å²) in [6.45, 7) is 9.58. The summed E-state index contributed by atoms with van der Waals surface area (Å²) in [6.07, 6.45) is 3.75. The van der Waals surface area contributed by atoms with Crippen LogP contribution in [0.4, 0.5) is 4.79 Å². The van der Waals surface area contributed by atoms with Crippen molar-refractivity contribution in [1.82, 2.24) is 10.2 Å². The lowest BCUT2D eigenvalue weighted by Gasteiger charge is -2.12. The first-order chi connectivity index (χ1) is 5.26. The molecule has 0 unspecified atom stereocenters. The molecule has 0 aliphatic carbocycles. The van der Waals surface area contributed by atoms with E-state index in [4.69, 9.17) is 0 Å². The third-order valence-electron chi connectivity index (χ3n) is 1.15. The van der Waals surface area contributed by atoms with Crippen molar-refractivity contribution >= 4 is 6.03 Å². The number of rotatable bonds is 4. The third kappa shape index (κ3) is 3.45. The maximum Gasteiger partial charge on any atom is 0.325 e. The van der Waals surface area contributed by atoms with E-state index in [-0.39, 0.29) is 6.03 Å². The summed E-state index contributed by atoms with van der Waals surface area (Å²) in [4.78, 5) is 12.3. The third-order valence-corrected chi connectivity index (χ3v) is 1.15. The summed E-state index contributed by atoms with van der Waals surface area (Å²) >= 11 is 0. The Bertz CT molecular complexity index is 146. The van der Waals surface area contributed by atoms with E-state index in [9.17, 15) is 4.79 Å². The van der Waals surface area contributed by atoms with Crippen molar-refractivity contribution in [1.29, 1.82) is 0 Å². The van der Waals surface area contributed by atoms with E-state index in [0.717, 1.165) is 6.42 Å². The maximum atomic E-state index is 11.0. The van der Waals surface area contributed by atoms with E-state index in [0.29, 0.717) is 6.54 Å². The van der Waals surface area contributed by atoms with Crippen LogP contribution in [0.15, 0.2) is 25.6 Å². The Morgan fingerprint density at radius 3 is 2.45 bits per heavy atom. The highest BCUT2D eigenvalue weighted by atomic mass is 16.2. The van der Waals surface area contributed by atoms with Gasteiger partial charge in [0.2, 0.25) is 0 Å². The summed E-state index contributed by atoms with van der Waals surface area (Å²) in [5, 5.41) is 2.68. The van der Waals surface area contributed by atoms with Gasteiger partial charge < -0.3 is 5.32 Å². The summed E-state index contributed by atoms with van der Waals surface area (Å²) in [7, 11) is 0. The minimum Gasteiger partial charge on any atom is -0.337 e. The van der Waals surface area contributed by atoms with Gasteiger partial charge in [0.15, 0.2) is 0 Å². The molecule has 0 fully saturated rings. The lowest BCUT2D eigenvalue weighted by molar-refractivity contribution is 0.226. The number of nitrogens with one attached hydrogen (secondary N) is 1. The number of nitrogens with zero attached hydrogens (tertiary/aromatic N) is 1. The van der Waals surface area contributed by atoms with Gasteiger partial charge in [0, 0.05) is 18.9 Å². The predicted molar refractivity (Wildman–Crippen MR) is 45.9 cm³/mol. The monoisotopic (exact) mass is 154 g/mol. The molecule has 3 heteroatoms. The summed E-state index contributed by atoms with van der Waals surface area (Å²) in [6, 6.07) is -0.183. The second-order valence-corrected chi connectivity index (χ2v) is 2.00. The molecule has 0 aromatic heterocycles. The molecular formula is C8H14N2O. The first kappa shape index (κ1) is 9.75. The van der Waals surface area contributed by atoms with E-state index in [2.05, 4.69) is 18.5 Å². The van der Waals surface area contributed by atoms with Crippen molar-refractivity contribution in [2.75, 3.05) is 6.54 Å². The fourth-order valence-corrected chi connectivity index (χ4v) is 0.564. The molecule has 0 rings (SSSR count). The molecule has 0 aromatic carbocycles. The predicted octanol–water partition coefficient (Wildman–Crippen LogP) is 1.69. The van der Waals surface area contributed by atoms with Gasteiger partial charge in [-0.25, -0.2) is 4.79 Å². The molecule has 3 nitrogen and oxygen atoms in total. The summed E-state index contributed by atoms with van der Waals surface area (Å²) in [5.74, 6) is 0. The molecule has 0 saturated carbocycles. The number of amides is 2. The summed E-state index contributed by atoms with van der Waals surface area (Å²) in [5.41, 5.74) is 0. The van der Waals surface area contributed by atoms with Crippen molar-refractivity contribution in [3.05, 3.63) is 25.6 Å². The van der Waals surface area contributed by atoms with Crippen LogP contribution in [0.1, 0.15) is 13.3 Å². The first-order valence-electron chi connectivity index (χ1n) is 3.57. The van der Waals surface area contributed by atoms with Crippen LogP contribution in [-0.4, -0.2) is 17.5 Å². The molecule has 0 aliphatic rings. The van der Waals surface area contributed by atoms with Crippen LogP contribution in [0, 0.1) is 0 Å². The van der Waals surface area contributed by atoms with Crippen LogP contribution < -0.4 is 5.32 Å². The smallest absolute Gasteiger partial charge is 0.325 e. The van der Waals surface area contributed by atoms with Gasteiger partial charge in [0.25, 0.3) is 0 Å². The molecule has 0 aliphatic heterocycles. The van der Waals surface area contributed by atoms with Gasteiger partial charge in [0.1, 0.15) is 0 Å². The maximum absolute atomic E-state index is 11.0. The molecule has 0 spiro atoms. The number of carbonyl (C=O) groups excluding carboxylic acids is 1. The van der Waals surface area contributed by atoms with E-state index >= 15 is 0 Å². The van der Waals surface area contributed by atoms with Gasteiger partial charge in [-0.05, 0) is 6.42 Å². The minimum absolute atomic E-state index is 0.183. The lowest BCUT2D eigenvalue weighted by Crippen LogP contribution is -2.33. The quantitative estimate of drug-likeness (QED) is 0.656. The Morgan fingerprint density at radius 2 is 2.09 bits per heavy atom. The van der Waals surface area contributed by atoms with E-state index in [1.165, 1.54) is 17.3 Å². The lowest BCUT2D eigenvalue weighted by atomic mass is 10.5. The second-order valence-electron chi connectivity index (χ2n) is 2.00. The van der Waals surface area contributed by atoms with Gasteiger partial charge in [0.05, 0.1) is 0 Å². The van der Waals surface area contributed by atoms with Crippen molar-refractivity contribution in [2.24, 2.45) is 0 Å². The molecular weight excluding hydrogens is 140 g/mol. The normalized spacial score (nSPS) is 8.45. The fraction of sp³-hybridized carbons (Fsp3) is 0.375. The number of urea groups is 1. The van der Waals surface area contributed by atoms with Gasteiger partial charge in [-0.1, -0.05) is 20.1 Å². The number of hydrogen-bond acceptors (Lipinski definition) is 1. The molecule has 0 atom stereocenters. The Morgan fingerprint density at radius 1 is 1.55 bits per heavy atom. The molecule has 1 N–H and O–H groups in total. The van der Waals surface area contributed by atoms with Crippen molar-refractivity contribution in [3.8, 4) is 0 Å². The topological polar surface area (TPSA) is 32.3 Å². The van der Waals surface area contributed by atoms with Gasteiger partial charge >= 0.3 is 6.03 Å². The fourth-order valence-electron chi connectivity index (χ4n) is 0.564. The Hall–Kier alpha value is -1.25. The average Bonchev–Trinajstić information content (AvgIpc) is 2.03. The van der Waals surface area contributed by atoms with Crippen molar-refractivity contribution in [2.45, 2.75) is 13.3 Å². The SMILES string of the molecule is C=CN(C=C)C(=O)NCCC. The molecule has 0 bridgehead atoms. The number of hydrogen-bond donors (Lipinski definition) is 1. The Labute approximate surface area is 67.4 Å². The van der Waals surface area contributed by atoms with Gasteiger partial charge in [-0.15, -0.1) is 0 Å². The summed E-state index contributed by atoms with van der Waals surface area (Å²) < 4.78 is 0. The molecule has 0 aromatic rings.